The Balaban J connectivity index is 1.28. The van der Waals surface area contributed by atoms with Crippen LogP contribution < -0.4 is 0 Å². The summed E-state index contributed by atoms with van der Waals surface area (Å²) in [6.07, 6.45) is 4.31. The Morgan fingerprint density at radius 3 is 2.80 bits per heavy atom. The van der Waals surface area contributed by atoms with Gasteiger partial charge in [-0.1, -0.05) is 22.5 Å². The lowest BCUT2D eigenvalue weighted by Crippen LogP contribution is -2.51. The molecular weight excluding hydrogens is 342 g/mol. The first-order chi connectivity index (χ1) is 12.1. The van der Waals surface area contributed by atoms with Crippen LogP contribution in [0.25, 0.3) is 11.0 Å². The van der Waals surface area contributed by atoms with E-state index in [4.69, 9.17) is 4.52 Å². The Kier molecular flexibility index (Phi) is 3.23. The first kappa shape index (κ1) is 15.0. The van der Waals surface area contributed by atoms with Gasteiger partial charge >= 0.3 is 0 Å². The van der Waals surface area contributed by atoms with Gasteiger partial charge in [-0.05, 0) is 25.0 Å². The summed E-state index contributed by atoms with van der Waals surface area (Å²) in [5.41, 5.74) is 2.08. The van der Waals surface area contributed by atoms with E-state index in [-0.39, 0.29) is 11.8 Å². The fourth-order valence-electron chi connectivity index (χ4n) is 3.15. The number of rotatable bonds is 5. The van der Waals surface area contributed by atoms with E-state index in [2.05, 4.69) is 15.5 Å². The van der Waals surface area contributed by atoms with Crippen LogP contribution in [-0.2, 0) is 15.8 Å². The van der Waals surface area contributed by atoms with Crippen molar-refractivity contribution in [2.45, 2.75) is 30.6 Å². The monoisotopic (exact) mass is 359 g/mol. The molecule has 9 heteroatoms. The van der Waals surface area contributed by atoms with Crippen LogP contribution in [-0.4, -0.2) is 46.0 Å². The fraction of sp³-hybridized carbons (Fsp3) is 0.438. The summed E-state index contributed by atoms with van der Waals surface area (Å²) in [5, 5.41) is 13.0. The van der Waals surface area contributed by atoms with Crippen LogP contribution in [0.5, 0.6) is 0 Å². The third kappa shape index (κ3) is 2.63. The smallest absolute Gasteiger partial charge is 0.220 e. The third-order valence-electron chi connectivity index (χ3n) is 4.89. The molecule has 0 radical (unpaired) electrons. The van der Waals surface area contributed by atoms with Crippen molar-refractivity contribution >= 4 is 21.0 Å². The number of para-hydroxylation sites is 1. The quantitative estimate of drug-likeness (QED) is 0.688. The van der Waals surface area contributed by atoms with Crippen molar-refractivity contribution in [1.82, 2.24) is 24.5 Å². The molecular formula is C16H17N5O3S. The second-order valence-corrected chi connectivity index (χ2v) is 8.72. The van der Waals surface area contributed by atoms with Gasteiger partial charge in [0.25, 0.3) is 0 Å². The highest BCUT2D eigenvalue weighted by Gasteiger charge is 2.38. The molecule has 0 bridgehead atoms. The van der Waals surface area contributed by atoms with Crippen molar-refractivity contribution in [3.8, 4) is 0 Å². The lowest BCUT2D eigenvalue weighted by molar-refractivity contribution is 0.188. The minimum atomic E-state index is -3.43. The predicted octanol–water partition coefficient (Wildman–Crippen LogP) is 1.68. The second kappa shape index (κ2) is 5.37. The molecule has 1 aliphatic heterocycles. The maximum atomic E-state index is 12.6. The average molecular weight is 359 g/mol. The van der Waals surface area contributed by atoms with E-state index in [1.54, 1.807) is 10.7 Å². The standard InChI is InChI=1S/C16H17N5O3S/c22-25(23,10-15-13-3-1-2-4-16(13)24-18-15)20-7-12(8-20)21-9-14(17-19-21)11-5-6-11/h1-4,9,11-12H,5-8,10H2. The zero-order chi connectivity index (χ0) is 17.0. The number of nitrogens with zero attached hydrogens (tertiary/aromatic N) is 5. The molecule has 1 saturated heterocycles. The lowest BCUT2D eigenvalue weighted by Gasteiger charge is -2.37. The van der Waals surface area contributed by atoms with E-state index in [1.807, 2.05) is 24.4 Å². The molecule has 3 heterocycles. The first-order valence-corrected chi connectivity index (χ1v) is 9.94. The van der Waals surface area contributed by atoms with Gasteiger partial charge in [0, 0.05) is 30.6 Å². The van der Waals surface area contributed by atoms with Gasteiger partial charge in [-0.15, -0.1) is 5.10 Å². The molecule has 0 amide bonds. The van der Waals surface area contributed by atoms with E-state index in [9.17, 15) is 8.42 Å². The number of aromatic nitrogens is 4. The molecule has 130 valence electrons. The maximum absolute atomic E-state index is 12.6. The highest BCUT2D eigenvalue weighted by atomic mass is 32.2. The highest BCUT2D eigenvalue weighted by molar-refractivity contribution is 7.88. The highest BCUT2D eigenvalue weighted by Crippen LogP contribution is 2.39. The molecule has 0 spiro atoms. The van der Waals surface area contributed by atoms with E-state index >= 15 is 0 Å². The van der Waals surface area contributed by atoms with Gasteiger partial charge in [0.2, 0.25) is 10.0 Å². The molecule has 0 atom stereocenters. The minimum absolute atomic E-state index is 0.0591. The molecule has 0 N–H and O–H groups in total. The summed E-state index contributed by atoms with van der Waals surface area (Å²) in [4.78, 5) is 0. The molecule has 1 aliphatic carbocycles. The lowest BCUT2D eigenvalue weighted by atomic mass is 10.2. The number of fused-ring (bicyclic) bond motifs is 1. The summed E-state index contributed by atoms with van der Waals surface area (Å²) in [6, 6.07) is 7.34. The topological polar surface area (TPSA) is 94.1 Å². The van der Waals surface area contributed by atoms with Crippen molar-refractivity contribution in [3.05, 3.63) is 41.9 Å². The normalized spacial score (nSPS) is 19.4. The van der Waals surface area contributed by atoms with E-state index < -0.39 is 10.0 Å². The zero-order valence-corrected chi connectivity index (χ0v) is 14.3. The Hall–Kier alpha value is -2.26. The van der Waals surface area contributed by atoms with Crippen LogP contribution >= 0.6 is 0 Å². The van der Waals surface area contributed by atoms with Gasteiger partial charge in [0.05, 0.1) is 11.7 Å². The van der Waals surface area contributed by atoms with E-state index in [1.165, 1.54) is 17.1 Å². The van der Waals surface area contributed by atoms with Gasteiger partial charge in [-0.3, -0.25) is 0 Å². The van der Waals surface area contributed by atoms with Gasteiger partial charge in [-0.2, -0.15) is 4.31 Å². The van der Waals surface area contributed by atoms with Crippen molar-refractivity contribution in [2.75, 3.05) is 13.1 Å². The van der Waals surface area contributed by atoms with Crippen LogP contribution in [0.1, 0.15) is 36.2 Å². The molecule has 2 fully saturated rings. The summed E-state index contributed by atoms with van der Waals surface area (Å²) < 4.78 is 33.7. The predicted molar refractivity (Wildman–Crippen MR) is 89.2 cm³/mol. The number of hydrogen-bond acceptors (Lipinski definition) is 6. The second-order valence-electron chi connectivity index (χ2n) is 6.75. The molecule has 3 aromatic rings. The van der Waals surface area contributed by atoms with Gasteiger partial charge in [0.15, 0.2) is 5.58 Å². The van der Waals surface area contributed by atoms with Gasteiger partial charge in [0.1, 0.15) is 11.4 Å². The molecule has 8 nitrogen and oxygen atoms in total. The molecule has 1 aromatic carbocycles. The first-order valence-electron chi connectivity index (χ1n) is 8.33. The SMILES string of the molecule is O=S(=O)(Cc1noc2ccccc12)N1CC(n2cc(C3CC3)nn2)C1. The third-order valence-corrected chi connectivity index (χ3v) is 6.61. The van der Waals surface area contributed by atoms with Gasteiger partial charge in [-0.25, -0.2) is 13.1 Å². The van der Waals surface area contributed by atoms with E-state index in [0.29, 0.717) is 30.3 Å². The molecule has 2 aromatic heterocycles. The summed E-state index contributed by atoms with van der Waals surface area (Å²) in [5.74, 6) is 0.399. The minimum Gasteiger partial charge on any atom is -0.356 e. The maximum Gasteiger partial charge on any atom is 0.220 e. The van der Waals surface area contributed by atoms with Crippen LogP contribution in [0.15, 0.2) is 35.0 Å². The Bertz CT molecular complexity index is 1030. The molecule has 5 rings (SSSR count). The zero-order valence-electron chi connectivity index (χ0n) is 13.4. The number of hydrogen-bond donors (Lipinski definition) is 0. The average Bonchev–Trinajstić information content (AvgIpc) is 3.16. The van der Waals surface area contributed by atoms with Crippen LogP contribution in [0.3, 0.4) is 0 Å². The van der Waals surface area contributed by atoms with Crippen molar-refractivity contribution in [2.24, 2.45) is 0 Å². The van der Waals surface area contributed by atoms with Crippen molar-refractivity contribution in [1.29, 1.82) is 0 Å². The molecule has 2 aliphatic rings. The van der Waals surface area contributed by atoms with Crippen LogP contribution in [0.2, 0.25) is 0 Å². The molecule has 0 unspecified atom stereocenters. The number of sulfonamides is 1. The summed E-state index contributed by atoms with van der Waals surface area (Å²) in [7, 11) is -3.43. The van der Waals surface area contributed by atoms with Gasteiger partial charge < -0.3 is 4.52 Å². The molecule has 1 saturated carbocycles. The Labute approximate surface area is 144 Å². The Morgan fingerprint density at radius 1 is 1.20 bits per heavy atom. The van der Waals surface area contributed by atoms with Crippen molar-refractivity contribution < 1.29 is 12.9 Å². The summed E-state index contributed by atoms with van der Waals surface area (Å²) >= 11 is 0. The summed E-state index contributed by atoms with van der Waals surface area (Å²) in [6.45, 7) is 0.844. The largest absolute Gasteiger partial charge is 0.356 e. The van der Waals surface area contributed by atoms with Crippen LogP contribution in [0.4, 0.5) is 0 Å². The molecule has 25 heavy (non-hydrogen) atoms. The van der Waals surface area contributed by atoms with Crippen molar-refractivity contribution in [3.63, 3.8) is 0 Å². The van der Waals surface area contributed by atoms with Crippen LogP contribution in [0, 0.1) is 0 Å². The fourth-order valence-corrected chi connectivity index (χ4v) is 4.69. The number of benzene rings is 1. The Morgan fingerprint density at radius 2 is 2.00 bits per heavy atom. The van der Waals surface area contributed by atoms with E-state index in [0.717, 1.165) is 11.1 Å².